The van der Waals surface area contributed by atoms with Crippen molar-refractivity contribution >= 4 is 23.6 Å². The number of hydrogen-bond acceptors (Lipinski definition) is 5. The predicted octanol–water partition coefficient (Wildman–Crippen LogP) is 1.18. The second-order valence-corrected chi connectivity index (χ2v) is 6.81. The Kier molecular flexibility index (Phi) is 5.20. The van der Waals surface area contributed by atoms with Crippen LogP contribution in [0.4, 0.5) is 10.5 Å². The van der Waals surface area contributed by atoms with Crippen molar-refractivity contribution in [1.29, 1.82) is 0 Å². The number of nitrogens with two attached hydrogens (primary N) is 1. The molecule has 0 bridgehead atoms. The van der Waals surface area contributed by atoms with Gasteiger partial charge in [0.1, 0.15) is 17.4 Å². The summed E-state index contributed by atoms with van der Waals surface area (Å²) in [6.45, 7) is 5.10. The number of nitrogens with zero attached hydrogens (tertiary/aromatic N) is 1. The number of carbonyl (C=O) groups excluding carboxylic acids is 3. The molecule has 1 aromatic rings. The number of ether oxygens (including phenoxy) is 2. The summed E-state index contributed by atoms with van der Waals surface area (Å²) in [7, 11) is 1.62. The summed E-state index contributed by atoms with van der Waals surface area (Å²) in [6.07, 6.45) is -1.81. The number of benzene rings is 1. The highest BCUT2D eigenvalue weighted by atomic mass is 16.6. The van der Waals surface area contributed by atoms with Gasteiger partial charge in [-0.05, 0) is 32.9 Å². The first-order valence-electron chi connectivity index (χ1n) is 7.90. The van der Waals surface area contributed by atoms with Gasteiger partial charge in [-0.2, -0.15) is 0 Å². The molecule has 8 heteroatoms. The third kappa shape index (κ3) is 4.62. The number of amides is 3. The van der Waals surface area contributed by atoms with E-state index < -0.39 is 29.7 Å². The standard InChI is InChI=1S/C17H23N3O5/c1-17(2,3)25-16(23)19-10(14(18)21)9-13-15(22)20(4)11-7-5-6-8-12(11)24-13/h5-8,10,13H,9H2,1-4H3,(H2,18,21)(H,19,23)/t10?,13-/m0/s1. The maximum atomic E-state index is 12.5. The number of nitrogens with one attached hydrogen (secondary N) is 1. The van der Waals surface area contributed by atoms with Crippen LogP contribution in [0.3, 0.4) is 0 Å². The molecule has 3 amide bonds. The Morgan fingerprint density at radius 1 is 1.36 bits per heavy atom. The fourth-order valence-electron chi connectivity index (χ4n) is 2.43. The molecule has 1 aromatic carbocycles. The fourth-order valence-corrected chi connectivity index (χ4v) is 2.43. The van der Waals surface area contributed by atoms with Crippen molar-refractivity contribution in [3.63, 3.8) is 0 Å². The maximum absolute atomic E-state index is 12.5. The van der Waals surface area contributed by atoms with Gasteiger partial charge < -0.3 is 25.4 Å². The van der Waals surface area contributed by atoms with Gasteiger partial charge in [0.25, 0.3) is 5.91 Å². The van der Waals surface area contributed by atoms with Gasteiger partial charge in [-0.15, -0.1) is 0 Å². The number of likely N-dealkylation sites (N-methyl/N-ethyl adjacent to an activating group) is 1. The molecule has 0 saturated heterocycles. The topological polar surface area (TPSA) is 111 Å². The van der Waals surface area contributed by atoms with E-state index in [2.05, 4.69) is 5.32 Å². The van der Waals surface area contributed by atoms with Crippen molar-refractivity contribution in [3.05, 3.63) is 24.3 Å². The monoisotopic (exact) mass is 349 g/mol. The zero-order chi connectivity index (χ0) is 18.8. The smallest absolute Gasteiger partial charge is 0.408 e. The quantitative estimate of drug-likeness (QED) is 0.848. The lowest BCUT2D eigenvalue weighted by Crippen LogP contribution is -2.52. The minimum absolute atomic E-state index is 0.0912. The van der Waals surface area contributed by atoms with E-state index in [1.165, 1.54) is 4.90 Å². The van der Waals surface area contributed by atoms with E-state index >= 15 is 0 Å². The molecule has 1 aliphatic rings. The molecular weight excluding hydrogens is 326 g/mol. The second kappa shape index (κ2) is 7.00. The number of para-hydroxylation sites is 2. The van der Waals surface area contributed by atoms with Gasteiger partial charge >= 0.3 is 6.09 Å². The Morgan fingerprint density at radius 3 is 2.60 bits per heavy atom. The van der Waals surface area contributed by atoms with Gasteiger partial charge in [-0.1, -0.05) is 12.1 Å². The van der Waals surface area contributed by atoms with Crippen LogP contribution in [0, 0.1) is 0 Å². The Morgan fingerprint density at radius 2 is 2.00 bits per heavy atom. The maximum Gasteiger partial charge on any atom is 0.408 e. The van der Waals surface area contributed by atoms with E-state index in [-0.39, 0.29) is 12.3 Å². The summed E-state index contributed by atoms with van der Waals surface area (Å²) in [4.78, 5) is 37.5. The zero-order valence-electron chi connectivity index (χ0n) is 14.7. The molecule has 2 atom stereocenters. The van der Waals surface area contributed by atoms with Gasteiger partial charge in [0.05, 0.1) is 5.69 Å². The average molecular weight is 349 g/mol. The molecule has 25 heavy (non-hydrogen) atoms. The first kappa shape index (κ1) is 18.6. The molecule has 0 aromatic heterocycles. The first-order chi connectivity index (χ1) is 11.6. The van der Waals surface area contributed by atoms with E-state index in [1.54, 1.807) is 52.1 Å². The number of alkyl carbamates (subject to hydrolysis) is 1. The van der Waals surface area contributed by atoms with E-state index in [1.807, 2.05) is 0 Å². The minimum Gasteiger partial charge on any atom is -0.478 e. The van der Waals surface area contributed by atoms with Crippen molar-refractivity contribution in [2.24, 2.45) is 5.73 Å². The molecule has 0 radical (unpaired) electrons. The molecule has 2 rings (SSSR count). The third-order valence-corrected chi connectivity index (χ3v) is 3.59. The molecule has 0 aliphatic carbocycles. The van der Waals surface area contributed by atoms with E-state index in [0.29, 0.717) is 11.4 Å². The van der Waals surface area contributed by atoms with Crippen LogP contribution in [-0.4, -0.2) is 42.7 Å². The number of rotatable bonds is 4. The highest BCUT2D eigenvalue weighted by Crippen LogP contribution is 2.33. The van der Waals surface area contributed by atoms with Crippen LogP contribution in [0.2, 0.25) is 0 Å². The number of hydrogen-bond donors (Lipinski definition) is 2. The molecule has 1 aliphatic heterocycles. The van der Waals surface area contributed by atoms with Crippen molar-refractivity contribution < 1.29 is 23.9 Å². The van der Waals surface area contributed by atoms with Crippen molar-refractivity contribution in [2.45, 2.75) is 44.9 Å². The summed E-state index contributed by atoms with van der Waals surface area (Å²) < 4.78 is 10.8. The van der Waals surface area contributed by atoms with Gasteiger partial charge in [0, 0.05) is 13.5 Å². The van der Waals surface area contributed by atoms with Crippen LogP contribution >= 0.6 is 0 Å². The summed E-state index contributed by atoms with van der Waals surface area (Å²) in [5.74, 6) is -0.574. The van der Waals surface area contributed by atoms with E-state index in [0.717, 1.165) is 0 Å². The molecule has 8 nitrogen and oxygen atoms in total. The van der Waals surface area contributed by atoms with Crippen LogP contribution in [0.15, 0.2) is 24.3 Å². The van der Waals surface area contributed by atoms with Gasteiger partial charge in [0.2, 0.25) is 5.91 Å². The zero-order valence-corrected chi connectivity index (χ0v) is 14.7. The number of anilines is 1. The Balaban J connectivity index is 2.11. The third-order valence-electron chi connectivity index (χ3n) is 3.59. The molecule has 1 heterocycles. The van der Waals surface area contributed by atoms with E-state index in [9.17, 15) is 14.4 Å². The number of primary amides is 1. The van der Waals surface area contributed by atoms with E-state index in [4.69, 9.17) is 15.2 Å². The van der Waals surface area contributed by atoms with Crippen LogP contribution < -0.4 is 20.7 Å². The van der Waals surface area contributed by atoms with Crippen molar-refractivity contribution in [3.8, 4) is 5.75 Å². The lowest BCUT2D eigenvalue weighted by Gasteiger charge is -2.33. The summed E-state index contributed by atoms with van der Waals surface area (Å²) >= 11 is 0. The fraction of sp³-hybridized carbons (Fsp3) is 0.471. The molecule has 3 N–H and O–H groups in total. The van der Waals surface area contributed by atoms with Gasteiger partial charge in [-0.3, -0.25) is 9.59 Å². The SMILES string of the molecule is CN1C(=O)[C@H](CC(NC(=O)OC(C)(C)C)C(N)=O)Oc2ccccc21. The summed E-state index contributed by atoms with van der Waals surface area (Å²) in [5, 5.41) is 2.39. The number of carbonyl (C=O) groups is 3. The minimum atomic E-state index is -1.09. The van der Waals surface area contributed by atoms with Gasteiger partial charge in [-0.25, -0.2) is 4.79 Å². The van der Waals surface area contributed by atoms with Crippen LogP contribution in [0.25, 0.3) is 0 Å². The van der Waals surface area contributed by atoms with Gasteiger partial charge in [0.15, 0.2) is 6.10 Å². The Bertz CT molecular complexity index is 683. The molecule has 0 spiro atoms. The first-order valence-corrected chi connectivity index (χ1v) is 7.90. The summed E-state index contributed by atoms with van der Waals surface area (Å²) in [5.41, 5.74) is 5.27. The van der Waals surface area contributed by atoms with Crippen molar-refractivity contribution in [1.82, 2.24) is 5.32 Å². The molecule has 1 unspecified atom stereocenters. The molecule has 0 saturated carbocycles. The Hall–Kier alpha value is -2.77. The lowest BCUT2D eigenvalue weighted by atomic mass is 10.1. The molecular formula is C17H23N3O5. The molecule has 136 valence electrons. The molecule has 0 fully saturated rings. The van der Waals surface area contributed by atoms with Crippen LogP contribution in [-0.2, 0) is 14.3 Å². The highest BCUT2D eigenvalue weighted by molar-refractivity contribution is 6.00. The normalized spacial score (nSPS) is 18.0. The van der Waals surface area contributed by atoms with Crippen LogP contribution in [0.5, 0.6) is 5.75 Å². The highest BCUT2D eigenvalue weighted by Gasteiger charge is 2.36. The van der Waals surface area contributed by atoms with Crippen LogP contribution in [0.1, 0.15) is 27.2 Å². The largest absolute Gasteiger partial charge is 0.478 e. The average Bonchev–Trinajstić information content (AvgIpc) is 2.49. The predicted molar refractivity (Wildman–Crippen MR) is 91.2 cm³/mol. The number of fused-ring (bicyclic) bond motifs is 1. The summed E-state index contributed by atoms with van der Waals surface area (Å²) in [6, 6.07) is 5.97. The Labute approximate surface area is 146 Å². The second-order valence-electron chi connectivity index (χ2n) is 6.81. The van der Waals surface area contributed by atoms with Crippen molar-refractivity contribution in [2.75, 3.05) is 11.9 Å². The lowest BCUT2D eigenvalue weighted by molar-refractivity contribution is -0.127.